The molecular formula is C19H22N4O2. The number of rotatable bonds is 6. The highest BCUT2D eigenvalue weighted by molar-refractivity contribution is 5.76. The minimum atomic E-state index is -0.183. The van der Waals surface area contributed by atoms with Crippen LogP contribution in [0.2, 0.25) is 0 Å². The molecule has 0 unspecified atom stereocenters. The zero-order valence-corrected chi connectivity index (χ0v) is 14.5. The van der Waals surface area contributed by atoms with Gasteiger partial charge < -0.3 is 19.9 Å². The van der Waals surface area contributed by atoms with Crippen molar-refractivity contribution in [2.24, 2.45) is 0 Å². The van der Waals surface area contributed by atoms with Gasteiger partial charge in [-0.05, 0) is 36.8 Å². The second kappa shape index (κ2) is 7.70. The van der Waals surface area contributed by atoms with Crippen molar-refractivity contribution in [2.45, 2.75) is 20.0 Å². The van der Waals surface area contributed by atoms with Gasteiger partial charge in [-0.15, -0.1) is 0 Å². The summed E-state index contributed by atoms with van der Waals surface area (Å²) in [4.78, 5) is 16.5. The molecule has 1 aromatic heterocycles. The number of nitrogens with zero attached hydrogens (tertiary/aromatic N) is 2. The van der Waals surface area contributed by atoms with Crippen LogP contribution in [0.5, 0.6) is 5.75 Å². The second-order valence-corrected chi connectivity index (χ2v) is 5.76. The van der Waals surface area contributed by atoms with Gasteiger partial charge in [0.1, 0.15) is 11.6 Å². The van der Waals surface area contributed by atoms with E-state index in [1.165, 1.54) is 0 Å². The zero-order valence-electron chi connectivity index (χ0n) is 14.5. The maximum absolute atomic E-state index is 11.9. The number of hydrogen-bond acceptors (Lipinski definition) is 3. The Kier molecular flexibility index (Phi) is 5.18. The lowest BCUT2D eigenvalue weighted by atomic mass is 10.2. The number of imidazole rings is 1. The summed E-state index contributed by atoms with van der Waals surface area (Å²) in [5.74, 6) is 1.75. The molecule has 6 nitrogen and oxygen atoms in total. The van der Waals surface area contributed by atoms with Crippen molar-refractivity contribution in [1.29, 1.82) is 0 Å². The minimum Gasteiger partial charge on any atom is -0.497 e. The summed E-state index contributed by atoms with van der Waals surface area (Å²) in [6.07, 6.45) is 0. The van der Waals surface area contributed by atoms with Crippen LogP contribution in [0.25, 0.3) is 11.0 Å². The van der Waals surface area contributed by atoms with Gasteiger partial charge in [-0.3, -0.25) is 0 Å². The molecular weight excluding hydrogens is 316 g/mol. The number of carbonyl (C=O) groups is 1. The van der Waals surface area contributed by atoms with Gasteiger partial charge in [0.05, 0.1) is 18.1 Å². The topological polar surface area (TPSA) is 68.2 Å². The van der Waals surface area contributed by atoms with E-state index in [-0.39, 0.29) is 6.03 Å². The van der Waals surface area contributed by atoms with Gasteiger partial charge in [0.2, 0.25) is 0 Å². The van der Waals surface area contributed by atoms with Crippen molar-refractivity contribution >= 4 is 17.1 Å². The fourth-order valence-corrected chi connectivity index (χ4v) is 2.75. The number of hydrogen-bond donors (Lipinski definition) is 2. The van der Waals surface area contributed by atoms with Crippen LogP contribution in [0.1, 0.15) is 11.4 Å². The van der Waals surface area contributed by atoms with E-state index in [1.807, 2.05) is 55.5 Å². The van der Waals surface area contributed by atoms with Gasteiger partial charge in [-0.1, -0.05) is 24.3 Å². The zero-order chi connectivity index (χ0) is 17.6. The number of para-hydroxylation sites is 2. The first-order chi connectivity index (χ1) is 12.2. The van der Waals surface area contributed by atoms with Gasteiger partial charge >= 0.3 is 6.03 Å². The summed E-state index contributed by atoms with van der Waals surface area (Å²) in [7, 11) is 1.63. The normalized spacial score (nSPS) is 10.6. The number of amides is 2. The second-order valence-electron chi connectivity index (χ2n) is 5.76. The van der Waals surface area contributed by atoms with Crippen LogP contribution in [0.15, 0.2) is 48.5 Å². The van der Waals surface area contributed by atoms with E-state index in [2.05, 4.69) is 20.2 Å². The summed E-state index contributed by atoms with van der Waals surface area (Å²) in [5, 5.41) is 5.73. The van der Waals surface area contributed by atoms with E-state index < -0.39 is 0 Å². The first kappa shape index (κ1) is 16.8. The molecule has 0 aliphatic carbocycles. The summed E-state index contributed by atoms with van der Waals surface area (Å²) in [6.45, 7) is 3.67. The first-order valence-corrected chi connectivity index (χ1v) is 8.24. The standard InChI is InChI=1S/C19H22N4O2/c1-14-22-17-5-3-4-6-18(17)23(14)12-11-20-19(24)21-13-15-7-9-16(25-2)10-8-15/h3-10H,11-13H2,1-2H3,(H2,20,21,24). The third-order valence-corrected chi connectivity index (χ3v) is 4.08. The van der Waals surface area contributed by atoms with E-state index in [0.29, 0.717) is 19.6 Å². The Hall–Kier alpha value is -3.02. The minimum absolute atomic E-state index is 0.183. The van der Waals surface area contributed by atoms with Gasteiger partial charge in [-0.2, -0.15) is 0 Å². The smallest absolute Gasteiger partial charge is 0.315 e. The number of carbonyl (C=O) groups excluding carboxylic acids is 1. The first-order valence-electron chi connectivity index (χ1n) is 8.24. The van der Waals surface area contributed by atoms with Crippen LogP contribution in [0.4, 0.5) is 4.79 Å². The van der Waals surface area contributed by atoms with Crippen LogP contribution >= 0.6 is 0 Å². The maximum Gasteiger partial charge on any atom is 0.315 e. The number of aromatic nitrogens is 2. The molecule has 2 N–H and O–H groups in total. The van der Waals surface area contributed by atoms with Crippen LogP contribution in [0, 0.1) is 6.92 Å². The van der Waals surface area contributed by atoms with Crippen molar-refractivity contribution in [3.63, 3.8) is 0 Å². The number of methoxy groups -OCH3 is 1. The quantitative estimate of drug-likeness (QED) is 0.726. The molecule has 0 saturated heterocycles. The number of nitrogens with one attached hydrogen (secondary N) is 2. The average molecular weight is 338 g/mol. The molecule has 0 aliphatic rings. The van der Waals surface area contributed by atoms with Crippen LogP contribution in [-0.2, 0) is 13.1 Å². The van der Waals surface area contributed by atoms with Crippen molar-refractivity contribution in [3.05, 3.63) is 59.9 Å². The molecule has 3 rings (SSSR count). The highest BCUT2D eigenvalue weighted by Crippen LogP contribution is 2.14. The third kappa shape index (κ3) is 4.09. The molecule has 0 bridgehead atoms. The summed E-state index contributed by atoms with van der Waals surface area (Å²) < 4.78 is 7.23. The van der Waals surface area contributed by atoms with E-state index in [1.54, 1.807) is 7.11 Å². The molecule has 0 atom stereocenters. The van der Waals surface area contributed by atoms with Gasteiger partial charge in [-0.25, -0.2) is 9.78 Å². The number of aryl methyl sites for hydroxylation is 1. The number of ether oxygens (including phenoxy) is 1. The van der Waals surface area contributed by atoms with Crippen LogP contribution in [0.3, 0.4) is 0 Å². The molecule has 2 aromatic carbocycles. The van der Waals surface area contributed by atoms with E-state index in [0.717, 1.165) is 28.2 Å². The Bertz CT molecular complexity index is 855. The van der Waals surface area contributed by atoms with Gasteiger partial charge in [0.25, 0.3) is 0 Å². The lowest BCUT2D eigenvalue weighted by Gasteiger charge is -2.10. The number of fused-ring (bicyclic) bond motifs is 1. The Labute approximate surface area is 146 Å². The SMILES string of the molecule is COc1ccc(CNC(=O)NCCn2c(C)nc3ccccc32)cc1. The molecule has 25 heavy (non-hydrogen) atoms. The molecule has 1 heterocycles. The van der Waals surface area contributed by atoms with Gasteiger partial charge in [0, 0.05) is 19.6 Å². The van der Waals surface area contributed by atoms with E-state index in [4.69, 9.17) is 4.74 Å². The van der Waals surface area contributed by atoms with Gasteiger partial charge in [0.15, 0.2) is 0 Å². The predicted octanol–water partition coefficient (Wildman–Crippen LogP) is 2.85. The Morgan fingerprint density at radius 1 is 1.12 bits per heavy atom. The Morgan fingerprint density at radius 2 is 1.88 bits per heavy atom. The van der Waals surface area contributed by atoms with E-state index in [9.17, 15) is 4.79 Å². The Balaban J connectivity index is 1.48. The molecule has 6 heteroatoms. The lowest BCUT2D eigenvalue weighted by molar-refractivity contribution is 0.240. The number of urea groups is 1. The van der Waals surface area contributed by atoms with Crippen LogP contribution in [-0.4, -0.2) is 29.2 Å². The van der Waals surface area contributed by atoms with Crippen molar-refractivity contribution in [1.82, 2.24) is 20.2 Å². The molecule has 2 amide bonds. The highest BCUT2D eigenvalue weighted by atomic mass is 16.5. The highest BCUT2D eigenvalue weighted by Gasteiger charge is 2.07. The van der Waals surface area contributed by atoms with Crippen molar-refractivity contribution < 1.29 is 9.53 Å². The largest absolute Gasteiger partial charge is 0.497 e. The molecule has 130 valence electrons. The molecule has 0 saturated carbocycles. The Morgan fingerprint density at radius 3 is 2.64 bits per heavy atom. The van der Waals surface area contributed by atoms with Crippen LogP contribution < -0.4 is 15.4 Å². The predicted molar refractivity (Wildman–Crippen MR) is 97.7 cm³/mol. The molecule has 0 aliphatic heterocycles. The number of benzene rings is 2. The molecule has 3 aromatic rings. The summed E-state index contributed by atoms with van der Waals surface area (Å²) >= 11 is 0. The monoisotopic (exact) mass is 338 g/mol. The van der Waals surface area contributed by atoms with Crippen molar-refractivity contribution in [3.8, 4) is 5.75 Å². The lowest BCUT2D eigenvalue weighted by Crippen LogP contribution is -2.36. The fraction of sp³-hybridized carbons (Fsp3) is 0.263. The van der Waals surface area contributed by atoms with E-state index >= 15 is 0 Å². The summed E-state index contributed by atoms with van der Waals surface area (Å²) in [5.41, 5.74) is 3.08. The average Bonchev–Trinajstić information content (AvgIpc) is 2.96. The molecule has 0 fully saturated rings. The molecule has 0 radical (unpaired) electrons. The van der Waals surface area contributed by atoms with Crippen molar-refractivity contribution in [2.75, 3.05) is 13.7 Å². The molecule has 0 spiro atoms. The fourth-order valence-electron chi connectivity index (χ4n) is 2.75. The summed E-state index contributed by atoms with van der Waals surface area (Å²) in [6, 6.07) is 15.4. The third-order valence-electron chi connectivity index (χ3n) is 4.08. The maximum atomic E-state index is 11.9.